The number of hydrogen-bond acceptors (Lipinski definition) is 4. The van der Waals surface area contributed by atoms with Crippen molar-refractivity contribution in [1.82, 2.24) is 10.6 Å². The Hall–Kier alpha value is -4.07. The first kappa shape index (κ1) is 24.6. The summed E-state index contributed by atoms with van der Waals surface area (Å²) in [5, 5.41) is 14.3. The molecule has 0 aliphatic rings. The second-order valence-electron chi connectivity index (χ2n) is 7.88. The Bertz CT molecular complexity index is 1190. The highest BCUT2D eigenvalue weighted by molar-refractivity contribution is 5.96. The summed E-state index contributed by atoms with van der Waals surface area (Å²) < 4.78 is 24.2. The molecule has 0 spiro atoms. The van der Waals surface area contributed by atoms with Crippen molar-refractivity contribution < 1.29 is 28.6 Å². The van der Waals surface area contributed by atoms with Crippen molar-refractivity contribution in [3.8, 4) is 22.6 Å². The van der Waals surface area contributed by atoms with Gasteiger partial charge in [-0.2, -0.15) is 0 Å². The largest absolute Gasteiger partial charge is 0.497 e. The molecule has 0 aromatic heterocycles. The van der Waals surface area contributed by atoms with Gasteiger partial charge in [0, 0.05) is 18.2 Å². The number of rotatable bonds is 8. The summed E-state index contributed by atoms with van der Waals surface area (Å²) >= 11 is 0. The smallest absolute Gasteiger partial charge is 0.404 e. The van der Waals surface area contributed by atoms with Crippen LogP contribution in [0.15, 0.2) is 54.6 Å². The monoisotopic (exact) mass is 466 g/mol. The second-order valence-corrected chi connectivity index (χ2v) is 7.88. The maximum absolute atomic E-state index is 13.6. The third-order valence-corrected chi connectivity index (χ3v) is 5.42. The van der Waals surface area contributed by atoms with E-state index in [1.54, 1.807) is 51.5 Å². The summed E-state index contributed by atoms with van der Waals surface area (Å²) in [7, 11) is 3.11. The lowest BCUT2D eigenvalue weighted by molar-refractivity contribution is 0.0939. The van der Waals surface area contributed by atoms with Gasteiger partial charge < -0.3 is 25.2 Å². The van der Waals surface area contributed by atoms with Crippen molar-refractivity contribution in [2.45, 2.75) is 26.4 Å². The Kier molecular flexibility index (Phi) is 7.73. The fourth-order valence-corrected chi connectivity index (χ4v) is 3.65. The number of aryl methyl sites for hydroxylation is 1. The molecule has 0 heterocycles. The fourth-order valence-electron chi connectivity index (χ4n) is 3.65. The average molecular weight is 467 g/mol. The third-order valence-electron chi connectivity index (χ3n) is 5.42. The normalized spacial score (nSPS) is 11.4. The standard InChI is InChI=1S/C26H27FN2O5/c1-15-7-21(27)5-6-24(15)19-8-17(14-28-26(31)32)9-20(10-19)25(30)29-16(2)18-11-22(33-3)13-23(12-18)34-4/h5-13,16,28H,14H2,1-4H3,(H,29,30)(H,31,32). The molecule has 1 unspecified atom stereocenters. The van der Waals surface area contributed by atoms with Crippen LogP contribution in [0.25, 0.3) is 11.1 Å². The van der Waals surface area contributed by atoms with Crippen LogP contribution >= 0.6 is 0 Å². The van der Waals surface area contributed by atoms with Crippen molar-refractivity contribution in [2.75, 3.05) is 14.2 Å². The quantitative estimate of drug-likeness (QED) is 0.430. The summed E-state index contributed by atoms with van der Waals surface area (Å²) in [6, 6.07) is 14.5. The van der Waals surface area contributed by atoms with E-state index in [4.69, 9.17) is 14.6 Å². The second kappa shape index (κ2) is 10.7. The van der Waals surface area contributed by atoms with Crippen LogP contribution in [0.4, 0.5) is 9.18 Å². The number of benzene rings is 3. The van der Waals surface area contributed by atoms with Crippen LogP contribution in [0.3, 0.4) is 0 Å². The molecule has 7 nitrogen and oxygen atoms in total. The molecule has 3 aromatic carbocycles. The summed E-state index contributed by atoms with van der Waals surface area (Å²) in [5.74, 6) is 0.510. The maximum Gasteiger partial charge on any atom is 0.404 e. The summed E-state index contributed by atoms with van der Waals surface area (Å²) in [6.45, 7) is 3.64. The lowest BCUT2D eigenvalue weighted by Crippen LogP contribution is -2.27. The van der Waals surface area contributed by atoms with E-state index in [1.807, 2.05) is 19.1 Å². The highest BCUT2D eigenvalue weighted by Gasteiger charge is 2.16. The van der Waals surface area contributed by atoms with Crippen LogP contribution in [0.2, 0.25) is 0 Å². The maximum atomic E-state index is 13.6. The lowest BCUT2D eigenvalue weighted by atomic mass is 9.96. The molecule has 0 radical (unpaired) electrons. The molecule has 0 saturated heterocycles. The van der Waals surface area contributed by atoms with Crippen LogP contribution in [-0.2, 0) is 6.54 Å². The highest BCUT2D eigenvalue weighted by Crippen LogP contribution is 2.28. The van der Waals surface area contributed by atoms with Crippen LogP contribution < -0.4 is 20.1 Å². The number of methoxy groups -OCH3 is 2. The number of carbonyl (C=O) groups is 2. The zero-order valence-corrected chi connectivity index (χ0v) is 19.4. The number of carboxylic acid groups (broad SMARTS) is 1. The minimum atomic E-state index is -1.17. The van der Waals surface area contributed by atoms with Gasteiger partial charge in [0.25, 0.3) is 5.91 Å². The van der Waals surface area contributed by atoms with Gasteiger partial charge >= 0.3 is 6.09 Å². The van der Waals surface area contributed by atoms with Gasteiger partial charge in [0.05, 0.1) is 20.3 Å². The van der Waals surface area contributed by atoms with E-state index >= 15 is 0 Å². The average Bonchev–Trinajstić information content (AvgIpc) is 2.82. The van der Waals surface area contributed by atoms with Crippen molar-refractivity contribution in [3.05, 3.63) is 82.7 Å². The van der Waals surface area contributed by atoms with Crippen LogP contribution in [0.1, 0.15) is 40.0 Å². The molecule has 2 amide bonds. The molecule has 8 heteroatoms. The zero-order valence-electron chi connectivity index (χ0n) is 19.4. The van der Waals surface area contributed by atoms with E-state index in [2.05, 4.69) is 10.6 Å². The number of amides is 2. The van der Waals surface area contributed by atoms with Crippen molar-refractivity contribution >= 4 is 12.0 Å². The van der Waals surface area contributed by atoms with E-state index < -0.39 is 6.09 Å². The van der Waals surface area contributed by atoms with Gasteiger partial charge in [-0.05, 0) is 84.1 Å². The van der Waals surface area contributed by atoms with E-state index in [9.17, 15) is 14.0 Å². The topological polar surface area (TPSA) is 96.9 Å². The summed E-state index contributed by atoms with van der Waals surface area (Å²) in [6.07, 6.45) is -1.17. The number of halogens is 1. The first-order valence-electron chi connectivity index (χ1n) is 10.6. The van der Waals surface area contributed by atoms with E-state index in [0.29, 0.717) is 33.8 Å². The molecule has 3 rings (SSSR count). The number of hydrogen-bond donors (Lipinski definition) is 3. The number of ether oxygens (including phenoxy) is 2. The summed E-state index contributed by atoms with van der Waals surface area (Å²) in [4.78, 5) is 24.2. The van der Waals surface area contributed by atoms with Crippen LogP contribution in [0.5, 0.6) is 11.5 Å². The SMILES string of the molecule is COc1cc(OC)cc(C(C)NC(=O)c2cc(CNC(=O)O)cc(-c3ccc(F)cc3C)c2)c1. The predicted molar refractivity (Wildman–Crippen MR) is 127 cm³/mol. The van der Waals surface area contributed by atoms with E-state index in [0.717, 1.165) is 11.1 Å². The van der Waals surface area contributed by atoms with Gasteiger partial charge in [-0.25, -0.2) is 9.18 Å². The predicted octanol–water partition coefficient (Wildman–Crippen LogP) is 5.08. The van der Waals surface area contributed by atoms with Gasteiger partial charge in [0.1, 0.15) is 17.3 Å². The minimum absolute atomic E-state index is 0.0202. The first-order chi connectivity index (χ1) is 16.2. The molecule has 1 atom stereocenters. The van der Waals surface area contributed by atoms with Gasteiger partial charge in [0.2, 0.25) is 0 Å². The molecule has 0 fully saturated rings. The van der Waals surface area contributed by atoms with E-state index in [1.165, 1.54) is 12.1 Å². The highest BCUT2D eigenvalue weighted by atomic mass is 19.1. The molecular weight excluding hydrogens is 439 g/mol. The minimum Gasteiger partial charge on any atom is -0.497 e. The lowest BCUT2D eigenvalue weighted by Gasteiger charge is -2.18. The molecule has 0 saturated carbocycles. The van der Waals surface area contributed by atoms with Gasteiger partial charge in [-0.1, -0.05) is 6.07 Å². The van der Waals surface area contributed by atoms with Crippen molar-refractivity contribution in [2.24, 2.45) is 0 Å². The third kappa shape index (κ3) is 6.04. The van der Waals surface area contributed by atoms with Crippen LogP contribution in [-0.4, -0.2) is 31.3 Å². The Labute approximate surface area is 197 Å². The first-order valence-corrected chi connectivity index (χ1v) is 10.6. The van der Waals surface area contributed by atoms with Crippen molar-refractivity contribution in [3.63, 3.8) is 0 Å². The molecule has 3 aromatic rings. The van der Waals surface area contributed by atoms with Gasteiger partial charge in [-0.15, -0.1) is 0 Å². The van der Waals surface area contributed by atoms with E-state index in [-0.39, 0.29) is 24.3 Å². The Morgan fingerprint density at radius 2 is 1.68 bits per heavy atom. The Morgan fingerprint density at radius 1 is 1.00 bits per heavy atom. The summed E-state index contributed by atoms with van der Waals surface area (Å²) in [5.41, 5.74) is 3.88. The molecule has 0 aliphatic carbocycles. The molecule has 0 aliphatic heterocycles. The number of carbonyl (C=O) groups excluding carboxylic acids is 1. The molecule has 178 valence electrons. The molecule has 34 heavy (non-hydrogen) atoms. The molecular formula is C26H27FN2O5. The van der Waals surface area contributed by atoms with Crippen LogP contribution in [0, 0.1) is 12.7 Å². The Morgan fingerprint density at radius 3 is 2.26 bits per heavy atom. The fraction of sp³-hybridized carbons (Fsp3) is 0.231. The molecule has 3 N–H and O–H groups in total. The zero-order chi connectivity index (χ0) is 24.8. The van der Waals surface area contributed by atoms with Gasteiger partial charge in [-0.3, -0.25) is 4.79 Å². The van der Waals surface area contributed by atoms with Crippen molar-refractivity contribution in [1.29, 1.82) is 0 Å². The number of nitrogens with one attached hydrogen (secondary N) is 2. The van der Waals surface area contributed by atoms with Gasteiger partial charge in [0.15, 0.2) is 0 Å². The Balaban J connectivity index is 1.94. The molecule has 0 bridgehead atoms.